The van der Waals surface area contributed by atoms with Crippen LogP contribution in [0.3, 0.4) is 0 Å². The number of rotatable bonds is 4. The van der Waals surface area contributed by atoms with Crippen molar-refractivity contribution in [3.63, 3.8) is 0 Å². The van der Waals surface area contributed by atoms with Gasteiger partial charge in [0, 0.05) is 33.9 Å². The monoisotopic (exact) mass is 395 g/mol. The van der Waals surface area contributed by atoms with Crippen molar-refractivity contribution in [1.29, 1.82) is 0 Å². The third-order valence-electron chi connectivity index (χ3n) is 4.32. The van der Waals surface area contributed by atoms with Crippen LogP contribution in [0.2, 0.25) is 5.02 Å². The van der Waals surface area contributed by atoms with Crippen molar-refractivity contribution >= 4 is 17.5 Å². The van der Waals surface area contributed by atoms with Crippen LogP contribution in [-0.2, 0) is 0 Å². The minimum absolute atomic E-state index is 0.0971. The Kier molecular flexibility index (Phi) is 5.61. The predicted molar refractivity (Wildman–Crippen MR) is 116 cm³/mol. The van der Waals surface area contributed by atoms with Crippen LogP contribution in [0.15, 0.2) is 54.7 Å². The molecule has 0 saturated heterocycles. The lowest BCUT2D eigenvalue weighted by atomic mass is 9.97. The fourth-order valence-corrected chi connectivity index (χ4v) is 3.21. The summed E-state index contributed by atoms with van der Waals surface area (Å²) in [7, 11) is 0. The van der Waals surface area contributed by atoms with Crippen molar-refractivity contribution < 1.29 is 4.79 Å². The van der Waals surface area contributed by atoms with Crippen LogP contribution in [0.1, 0.15) is 51.0 Å². The number of carbonyl (C=O) groups excluding carboxylic acids is 1. The van der Waals surface area contributed by atoms with Gasteiger partial charge in [0.25, 0.3) is 5.91 Å². The molecule has 0 bridgehead atoms. The van der Waals surface area contributed by atoms with Gasteiger partial charge >= 0.3 is 0 Å². The molecule has 5 heteroatoms. The predicted octanol–water partition coefficient (Wildman–Crippen LogP) is 5.98. The number of hydrogen-bond acceptors (Lipinski definition) is 2. The number of aromatic nitrogens is 2. The molecule has 0 aliphatic carbocycles. The van der Waals surface area contributed by atoms with Gasteiger partial charge in [-0.05, 0) is 82.1 Å². The van der Waals surface area contributed by atoms with Crippen molar-refractivity contribution in [2.24, 2.45) is 0 Å². The second-order valence-corrected chi connectivity index (χ2v) is 8.70. The molecule has 3 aromatic rings. The molecule has 146 valence electrons. The lowest BCUT2D eigenvalue weighted by Gasteiger charge is -2.21. The highest BCUT2D eigenvalue weighted by Gasteiger charge is 2.18. The highest BCUT2D eigenvalue weighted by molar-refractivity contribution is 6.30. The fourth-order valence-electron chi connectivity index (χ4n) is 3.08. The van der Waals surface area contributed by atoms with Gasteiger partial charge in [-0.3, -0.25) is 9.48 Å². The van der Waals surface area contributed by atoms with E-state index in [2.05, 4.69) is 30.3 Å². The van der Waals surface area contributed by atoms with Gasteiger partial charge < -0.3 is 5.32 Å². The Labute approximate surface area is 171 Å². The molecule has 0 aliphatic rings. The number of halogens is 1. The topological polar surface area (TPSA) is 46.9 Å². The first-order valence-electron chi connectivity index (χ1n) is 9.41. The van der Waals surface area contributed by atoms with Crippen LogP contribution in [0.4, 0.5) is 0 Å². The molecule has 1 N–H and O–H groups in total. The first-order valence-corrected chi connectivity index (χ1v) is 9.79. The maximum Gasteiger partial charge on any atom is 0.251 e. The van der Waals surface area contributed by atoms with Crippen LogP contribution in [0.25, 0.3) is 22.4 Å². The number of benzene rings is 2. The van der Waals surface area contributed by atoms with Crippen molar-refractivity contribution in [3.05, 3.63) is 65.3 Å². The van der Waals surface area contributed by atoms with Crippen LogP contribution in [0, 0.1) is 0 Å². The molecule has 0 radical (unpaired) electrons. The van der Waals surface area contributed by atoms with Crippen molar-refractivity contribution in [2.45, 2.75) is 46.2 Å². The summed E-state index contributed by atoms with van der Waals surface area (Å²) < 4.78 is 1.96. The second kappa shape index (κ2) is 7.80. The summed E-state index contributed by atoms with van der Waals surface area (Å²) >= 11 is 6.05. The summed E-state index contributed by atoms with van der Waals surface area (Å²) in [4.78, 5) is 12.9. The van der Waals surface area contributed by atoms with E-state index in [1.807, 2.05) is 67.9 Å². The van der Waals surface area contributed by atoms with E-state index in [0.29, 0.717) is 10.6 Å². The molecular formula is C23H26ClN3O. The lowest BCUT2D eigenvalue weighted by molar-refractivity contribution is 0.0919. The molecule has 2 aromatic carbocycles. The standard InChI is InChI=1S/C23H26ClN3O/c1-15(2)27-21(10-11-25-27)18-12-17(16-6-8-20(24)9-7-16)13-19(14-18)22(28)26-23(3,4)5/h6-15H,1-5H3,(H,26,28). The molecule has 0 saturated carbocycles. The third-order valence-corrected chi connectivity index (χ3v) is 4.57. The van der Waals surface area contributed by atoms with E-state index in [9.17, 15) is 4.79 Å². The average molecular weight is 396 g/mol. The molecule has 0 unspecified atom stereocenters. The van der Waals surface area contributed by atoms with E-state index >= 15 is 0 Å². The summed E-state index contributed by atoms with van der Waals surface area (Å²) in [5.41, 5.74) is 4.21. The largest absolute Gasteiger partial charge is 0.347 e. The van der Waals surface area contributed by atoms with Crippen LogP contribution >= 0.6 is 11.6 Å². The molecule has 28 heavy (non-hydrogen) atoms. The summed E-state index contributed by atoms with van der Waals surface area (Å²) in [6.45, 7) is 10.1. The van der Waals surface area contributed by atoms with Gasteiger partial charge in [0.05, 0.1) is 5.69 Å². The molecular weight excluding hydrogens is 370 g/mol. The van der Waals surface area contributed by atoms with Gasteiger partial charge in [-0.1, -0.05) is 23.7 Å². The molecule has 0 aliphatic heterocycles. The maximum atomic E-state index is 12.9. The van der Waals surface area contributed by atoms with Crippen LogP contribution < -0.4 is 5.32 Å². The molecule has 1 aromatic heterocycles. The molecule has 0 fully saturated rings. The summed E-state index contributed by atoms with van der Waals surface area (Å²) in [6, 6.07) is 15.8. The molecule has 0 spiro atoms. The summed E-state index contributed by atoms with van der Waals surface area (Å²) in [5, 5.41) is 8.17. The van der Waals surface area contributed by atoms with Crippen molar-refractivity contribution in [2.75, 3.05) is 0 Å². The zero-order chi connectivity index (χ0) is 20.5. The van der Waals surface area contributed by atoms with Gasteiger partial charge in [0.1, 0.15) is 0 Å². The smallest absolute Gasteiger partial charge is 0.251 e. The Morgan fingerprint density at radius 2 is 1.64 bits per heavy atom. The van der Waals surface area contributed by atoms with E-state index < -0.39 is 0 Å². The molecule has 4 nitrogen and oxygen atoms in total. The van der Waals surface area contributed by atoms with Crippen LogP contribution in [-0.4, -0.2) is 21.2 Å². The first kappa shape index (κ1) is 20.2. The molecule has 0 atom stereocenters. The van der Waals surface area contributed by atoms with Crippen LogP contribution in [0.5, 0.6) is 0 Å². The number of nitrogens with zero attached hydrogens (tertiary/aromatic N) is 2. The molecule has 1 amide bonds. The number of amides is 1. The average Bonchev–Trinajstić information content (AvgIpc) is 3.10. The van der Waals surface area contributed by atoms with E-state index in [1.165, 1.54) is 0 Å². The highest BCUT2D eigenvalue weighted by Crippen LogP contribution is 2.30. The van der Waals surface area contributed by atoms with Crippen molar-refractivity contribution in [3.8, 4) is 22.4 Å². The van der Waals surface area contributed by atoms with Gasteiger partial charge in [0.2, 0.25) is 0 Å². The van der Waals surface area contributed by atoms with E-state index in [-0.39, 0.29) is 17.5 Å². The Hall–Kier alpha value is -2.59. The zero-order valence-electron chi connectivity index (χ0n) is 17.0. The normalized spacial score (nSPS) is 11.7. The number of carbonyl (C=O) groups is 1. The highest BCUT2D eigenvalue weighted by atomic mass is 35.5. The lowest BCUT2D eigenvalue weighted by Crippen LogP contribution is -2.40. The minimum atomic E-state index is -0.312. The van der Waals surface area contributed by atoms with E-state index in [1.54, 1.807) is 6.20 Å². The zero-order valence-corrected chi connectivity index (χ0v) is 17.7. The number of hydrogen-bond donors (Lipinski definition) is 1. The Morgan fingerprint density at radius 1 is 1.00 bits per heavy atom. The Morgan fingerprint density at radius 3 is 2.25 bits per heavy atom. The van der Waals surface area contributed by atoms with Gasteiger partial charge in [-0.15, -0.1) is 0 Å². The van der Waals surface area contributed by atoms with E-state index in [0.717, 1.165) is 22.4 Å². The first-order chi connectivity index (χ1) is 13.1. The quantitative estimate of drug-likeness (QED) is 0.590. The summed E-state index contributed by atoms with van der Waals surface area (Å²) in [6.07, 6.45) is 1.79. The SMILES string of the molecule is CC(C)n1nccc1-c1cc(C(=O)NC(C)(C)C)cc(-c2ccc(Cl)cc2)c1. The molecule has 3 rings (SSSR count). The summed E-state index contributed by atoms with van der Waals surface area (Å²) in [5.74, 6) is -0.0971. The number of nitrogens with one attached hydrogen (secondary N) is 1. The second-order valence-electron chi connectivity index (χ2n) is 8.26. The molecule has 1 heterocycles. The maximum absolute atomic E-state index is 12.9. The Bertz CT molecular complexity index is 982. The van der Waals surface area contributed by atoms with Crippen molar-refractivity contribution in [1.82, 2.24) is 15.1 Å². The van der Waals surface area contributed by atoms with E-state index in [4.69, 9.17) is 11.6 Å². The van der Waals surface area contributed by atoms with Gasteiger partial charge in [0.15, 0.2) is 0 Å². The Balaban J connectivity index is 2.15. The van der Waals surface area contributed by atoms with Gasteiger partial charge in [-0.2, -0.15) is 5.10 Å². The van der Waals surface area contributed by atoms with Gasteiger partial charge in [-0.25, -0.2) is 0 Å². The fraction of sp³-hybridized carbons (Fsp3) is 0.304. The minimum Gasteiger partial charge on any atom is -0.347 e. The third kappa shape index (κ3) is 4.63.